The molecule has 0 aliphatic carbocycles. The van der Waals surface area contributed by atoms with Crippen molar-refractivity contribution in [2.75, 3.05) is 20.1 Å². The molecule has 1 unspecified atom stereocenters. The molecule has 23 heavy (non-hydrogen) atoms. The normalized spacial score (nSPS) is 11.9. The molecule has 0 aliphatic rings. The average molecular weight is 310 g/mol. The molecule has 0 spiro atoms. The molecule has 0 bridgehead atoms. The number of carbonyl (C=O) groups is 1. The molecule has 1 amide bonds. The van der Waals surface area contributed by atoms with Crippen molar-refractivity contribution in [1.82, 2.24) is 10.6 Å². The summed E-state index contributed by atoms with van der Waals surface area (Å²) in [5.74, 6) is 0.341. The Morgan fingerprint density at radius 1 is 0.957 bits per heavy atom. The number of carbonyl (C=O) groups excluding carboxylic acids is 1. The van der Waals surface area contributed by atoms with Crippen molar-refractivity contribution in [2.24, 2.45) is 0 Å². The third-order valence-electron chi connectivity index (χ3n) is 3.95. The second kappa shape index (κ2) is 9.80. The Hall–Kier alpha value is -2.13. The summed E-state index contributed by atoms with van der Waals surface area (Å²) in [5, 5.41) is 6.11. The fraction of sp³-hybridized carbons (Fsp3) is 0.350. The molecule has 0 radical (unpaired) electrons. The van der Waals surface area contributed by atoms with Crippen LogP contribution in [0.15, 0.2) is 60.7 Å². The maximum absolute atomic E-state index is 12.2. The van der Waals surface area contributed by atoms with Crippen LogP contribution in [0.1, 0.15) is 29.9 Å². The smallest absolute Gasteiger partial charge is 0.220 e. The molecule has 0 saturated heterocycles. The van der Waals surface area contributed by atoms with Crippen LogP contribution in [0.3, 0.4) is 0 Å². The van der Waals surface area contributed by atoms with Crippen molar-refractivity contribution in [1.29, 1.82) is 0 Å². The van der Waals surface area contributed by atoms with Gasteiger partial charge in [-0.2, -0.15) is 0 Å². The summed E-state index contributed by atoms with van der Waals surface area (Å²) in [5.41, 5.74) is 2.49. The SMILES string of the molecule is CNCCCNC(=O)CC(Cc1ccccc1)c1ccccc1. The van der Waals surface area contributed by atoms with E-state index in [-0.39, 0.29) is 11.8 Å². The second-order valence-electron chi connectivity index (χ2n) is 5.81. The van der Waals surface area contributed by atoms with E-state index in [0.29, 0.717) is 6.42 Å². The Kier molecular flexibility index (Phi) is 7.34. The van der Waals surface area contributed by atoms with Gasteiger partial charge >= 0.3 is 0 Å². The first-order valence-electron chi connectivity index (χ1n) is 8.29. The summed E-state index contributed by atoms with van der Waals surface area (Å²) in [6.45, 7) is 1.65. The van der Waals surface area contributed by atoms with Crippen LogP contribution in [0.25, 0.3) is 0 Å². The molecular formula is C20H26N2O. The highest BCUT2D eigenvalue weighted by atomic mass is 16.1. The molecule has 0 heterocycles. The van der Waals surface area contributed by atoms with Crippen LogP contribution < -0.4 is 10.6 Å². The number of benzene rings is 2. The van der Waals surface area contributed by atoms with E-state index >= 15 is 0 Å². The third kappa shape index (κ3) is 6.25. The van der Waals surface area contributed by atoms with E-state index in [1.54, 1.807) is 0 Å². The van der Waals surface area contributed by atoms with E-state index in [4.69, 9.17) is 0 Å². The number of hydrogen-bond donors (Lipinski definition) is 2. The van der Waals surface area contributed by atoms with Crippen molar-refractivity contribution >= 4 is 5.91 Å². The van der Waals surface area contributed by atoms with Gasteiger partial charge in [-0.15, -0.1) is 0 Å². The molecule has 2 aromatic rings. The van der Waals surface area contributed by atoms with Crippen molar-refractivity contribution in [2.45, 2.75) is 25.2 Å². The van der Waals surface area contributed by atoms with Gasteiger partial charge in [0, 0.05) is 13.0 Å². The molecule has 0 aliphatic heterocycles. The quantitative estimate of drug-likeness (QED) is 0.699. The van der Waals surface area contributed by atoms with Gasteiger partial charge < -0.3 is 10.6 Å². The molecule has 0 saturated carbocycles. The number of rotatable bonds is 9. The summed E-state index contributed by atoms with van der Waals surface area (Å²) in [7, 11) is 1.92. The minimum atomic E-state index is 0.130. The summed E-state index contributed by atoms with van der Waals surface area (Å²) in [6, 6.07) is 20.7. The fourth-order valence-corrected chi connectivity index (χ4v) is 2.72. The zero-order valence-corrected chi connectivity index (χ0v) is 13.8. The first kappa shape index (κ1) is 17.2. The topological polar surface area (TPSA) is 41.1 Å². The van der Waals surface area contributed by atoms with Gasteiger partial charge in [-0.25, -0.2) is 0 Å². The molecule has 3 nitrogen and oxygen atoms in total. The summed E-state index contributed by atoms with van der Waals surface area (Å²) < 4.78 is 0. The standard InChI is InChI=1S/C20H26N2O/c1-21-13-8-14-22-20(23)16-19(18-11-6-3-7-12-18)15-17-9-4-2-5-10-17/h2-7,9-12,19,21H,8,13-16H2,1H3,(H,22,23). The number of nitrogens with one attached hydrogen (secondary N) is 2. The van der Waals surface area contributed by atoms with Gasteiger partial charge in [-0.3, -0.25) is 4.79 Å². The van der Waals surface area contributed by atoms with Gasteiger partial charge in [0.1, 0.15) is 0 Å². The largest absolute Gasteiger partial charge is 0.356 e. The summed E-state index contributed by atoms with van der Waals surface area (Å²) in [4.78, 5) is 12.2. The number of hydrogen-bond acceptors (Lipinski definition) is 2. The zero-order chi connectivity index (χ0) is 16.3. The van der Waals surface area contributed by atoms with Crippen molar-refractivity contribution in [3.8, 4) is 0 Å². The Bertz CT molecular complexity index is 569. The minimum Gasteiger partial charge on any atom is -0.356 e. The molecule has 0 fully saturated rings. The predicted molar refractivity (Wildman–Crippen MR) is 95.5 cm³/mol. The second-order valence-corrected chi connectivity index (χ2v) is 5.81. The lowest BCUT2D eigenvalue weighted by molar-refractivity contribution is -0.121. The van der Waals surface area contributed by atoms with Crippen molar-refractivity contribution in [3.63, 3.8) is 0 Å². The van der Waals surface area contributed by atoms with E-state index in [1.807, 2.05) is 31.3 Å². The van der Waals surface area contributed by atoms with E-state index in [9.17, 15) is 4.79 Å². The van der Waals surface area contributed by atoms with Gasteiger partial charge in [0.05, 0.1) is 0 Å². The van der Waals surface area contributed by atoms with Gasteiger partial charge in [0.25, 0.3) is 0 Å². The Balaban J connectivity index is 1.98. The third-order valence-corrected chi connectivity index (χ3v) is 3.95. The molecule has 1 atom stereocenters. The molecule has 2 aromatic carbocycles. The van der Waals surface area contributed by atoms with Crippen molar-refractivity contribution < 1.29 is 4.79 Å². The molecule has 2 rings (SSSR count). The summed E-state index contributed by atoms with van der Waals surface area (Å²) in [6.07, 6.45) is 2.37. The summed E-state index contributed by atoms with van der Waals surface area (Å²) >= 11 is 0. The predicted octanol–water partition coefficient (Wildman–Crippen LogP) is 3.13. The Labute approximate surface area is 139 Å². The monoisotopic (exact) mass is 310 g/mol. The maximum atomic E-state index is 12.2. The highest BCUT2D eigenvalue weighted by molar-refractivity contribution is 5.76. The average Bonchev–Trinajstić information content (AvgIpc) is 2.60. The van der Waals surface area contributed by atoms with E-state index in [0.717, 1.165) is 25.9 Å². The molecule has 3 heteroatoms. The Morgan fingerprint density at radius 3 is 2.26 bits per heavy atom. The van der Waals surface area contributed by atoms with E-state index in [1.165, 1.54) is 11.1 Å². The zero-order valence-electron chi connectivity index (χ0n) is 13.8. The molecule has 0 aromatic heterocycles. The van der Waals surface area contributed by atoms with Crippen LogP contribution in [0.4, 0.5) is 0 Å². The number of amides is 1. The Morgan fingerprint density at radius 2 is 1.61 bits per heavy atom. The lowest BCUT2D eigenvalue weighted by atomic mass is 9.89. The van der Waals surface area contributed by atoms with Crippen molar-refractivity contribution in [3.05, 3.63) is 71.8 Å². The maximum Gasteiger partial charge on any atom is 0.220 e. The van der Waals surface area contributed by atoms with Gasteiger partial charge in [-0.1, -0.05) is 60.7 Å². The van der Waals surface area contributed by atoms with Gasteiger partial charge in [0.15, 0.2) is 0 Å². The van der Waals surface area contributed by atoms with E-state index in [2.05, 4.69) is 47.0 Å². The van der Waals surface area contributed by atoms with Crippen LogP contribution in [0, 0.1) is 0 Å². The molecular weight excluding hydrogens is 284 g/mol. The highest BCUT2D eigenvalue weighted by Gasteiger charge is 2.16. The highest BCUT2D eigenvalue weighted by Crippen LogP contribution is 2.24. The minimum absolute atomic E-state index is 0.130. The molecule has 122 valence electrons. The van der Waals surface area contributed by atoms with Crippen LogP contribution >= 0.6 is 0 Å². The fourth-order valence-electron chi connectivity index (χ4n) is 2.72. The van der Waals surface area contributed by atoms with Crippen LogP contribution in [0.5, 0.6) is 0 Å². The van der Waals surface area contributed by atoms with Crippen LogP contribution in [-0.4, -0.2) is 26.0 Å². The lowest BCUT2D eigenvalue weighted by Gasteiger charge is -2.17. The van der Waals surface area contributed by atoms with E-state index < -0.39 is 0 Å². The van der Waals surface area contributed by atoms with Gasteiger partial charge in [0.2, 0.25) is 5.91 Å². The van der Waals surface area contributed by atoms with Crippen LogP contribution in [0.2, 0.25) is 0 Å². The molecule has 2 N–H and O–H groups in total. The first-order valence-corrected chi connectivity index (χ1v) is 8.29. The van der Waals surface area contributed by atoms with Crippen LogP contribution in [-0.2, 0) is 11.2 Å². The van der Waals surface area contributed by atoms with Gasteiger partial charge in [-0.05, 0) is 43.5 Å². The lowest BCUT2D eigenvalue weighted by Crippen LogP contribution is -2.28. The first-order chi connectivity index (χ1) is 11.3.